The fraction of sp³-hybridized carbons (Fsp3) is 0. The summed E-state index contributed by atoms with van der Waals surface area (Å²) < 4.78 is 13.6. The molecule has 21 heavy (non-hydrogen) atoms. The number of carbonyl (C=O) groups is 2. The number of carbonyl (C=O) groups excluding carboxylic acids is 2. The lowest BCUT2D eigenvalue weighted by atomic mass is 10.2. The Bertz CT molecular complexity index is 706. The monoisotopic (exact) mass is 307 g/mol. The molecule has 0 unspecified atom stereocenters. The highest BCUT2D eigenvalue weighted by Gasteiger charge is 2.12. The standard InChI is InChI=1S/C14H11ClFN3O2/c15-8-4-5-11(12(16)6-8)13(20)18-9-2-1-3-10(7-9)19-14(17)21/h1-7H,(H,18,20)(H3,17,19,21). The minimum absolute atomic E-state index is 0.132. The third-order valence-corrected chi connectivity index (χ3v) is 2.80. The zero-order chi connectivity index (χ0) is 15.4. The molecular weight excluding hydrogens is 297 g/mol. The van der Waals surface area contributed by atoms with Crippen LogP contribution in [-0.2, 0) is 0 Å². The van der Waals surface area contributed by atoms with Crippen molar-refractivity contribution in [3.8, 4) is 0 Å². The highest BCUT2D eigenvalue weighted by molar-refractivity contribution is 6.30. The molecule has 0 aliphatic rings. The van der Waals surface area contributed by atoms with Crippen LogP contribution in [0.5, 0.6) is 0 Å². The van der Waals surface area contributed by atoms with Gasteiger partial charge in [-0.25, -0.2) is 9.18 Å². The lowest BCUT2D eigenvalue weighted by Gasteiger charge is -2.08. The molecule has 4 N–H and O–H groups in total. The van der Waals surface area contributed by atoms with Gasteiger partial charge in [0.15, 0.2) is 0 Å². The van der Waals surface area contributed by atoms with Gasteiger partial charge in [0.1, 0.15) is 5.82 Å². The number of benzene rings is 2. The number of halogens is 2. The Kier molecular flexibility index (Phi) is 4.39. The molecule has 7 heteroatoms. The average molecular weight is 308 g/mol. The molecule has 2 rings (SSSR count). The normalized spacial score (nSPS) is 10.0. The lowest BCUT2D eigenvalue weighted by molar-refractivity contribution is 0.102. The minimum atomic E-state index is -0.720. The number of urea groups is 1. The SMILES string of the molecule is NC(=O)Nc1cccc(NC(=O)c2ccc(Cl)cc2F)c1. The number of rotatable bonds is 3. The van der Waals surface area contributed by atoms with Gasteiger partial charge in [0, 0.05) is 16.4 Å². The average Bonchev–Trinajstić information content (AvgIpc) is 2.37. The van der Waals surface area contributed by atoms with Gasteiger partial charge in [-0.15, -0.1) is 0 Å². The fourth-order valence-corrected chi connectivity index (χ4v) is 1.85. The van der Waals surface area contributed by atoms with E-state index in [1.807, 2.05) is 0 Å². The number of hydrogen-bond acceptors (Lipinski definition) is 2. The Morgan fingerprint density at radius 1 is 1.05 bits per heavy atom. The van der Waals surface area contributed by atoms with Gasteiger partial charge in [-0.05, 0) is 36.4 Å². The molecule has 0 aromatic heterocycles. The molecule has 0 aliphatic carbocycles. The molecule has 0 radical (unpaired) electrons. The first-order valence-electron chi connectivity index (χ1n) is 5.88. The maximum atomic E-state index is 13.6. The predicted octanol–water partition coefficient (Wildman–Crippen LogP) is 3.22. The van der Waals surface area contributed by atoms with E-state index in [9.17, 15) is 14.0 Å². The summed E-state index contributed by atoms with van der Waals surface area (Å²) in [7, 11) is 0. The number of hydrogen-bond donors (Lipinski definition) is 3. The van der Waals surface area contributed by atoms with Crippen molar-refractivity contribution in [1.29, 1.82) is 0 Å². The van der Waals surface area contributed by atoms with Crippen LogP contribution < -0.4 is 16.4 Å². The summed E-state index contributed by atoms with van der Waals surface area (Å²) in [6, 6.07) is 9.35. The van der Waals surface area contributed by atoms with Crippen LogP contribution in [0.2, 0.25) is 5.02 Å². The molecular formula is C14H11ClFN3O2. The Labute approximate surface area is 124 Å². The van der Waals surface area contributed by atoms with Crippen molar-refractivity contribution in [2.45, 2.75) is 0 Å². The highest BCUT2D eigenvalue weighted by atomic mass is 35.5. The summed E-state index contributed by atoms with van der Waals surface area (Å²) in [4.78, 5) is 22.7. The van der Waals surface area contributed by atoms with Crippen molar-refractivity contribution in [3.05, 3.63) is 58.9 Å². The first-order valence-corrected chi connectivity index (χ1v) is 6.26. The Morgan fingerprint density at radius 2 is 1.71 bits per heavy atom. The van der Waals surface area contributed by atoms with Gasteiger partial charge in [-0.1, -0.05) is 17.7 Å². The first kappa shape index (κ1) is 14.8. The van der Waals surface area contributed by atoms with Crippen LogP contribution in [0.3, 0.4) is 0 Å². The topological polar surface area (TPSA) is 84.2 Å². The molecule has 0 saturated heterocycles. The maximum Gasteiger partial charge on any atom is 0.316 e. The molecule has 3 amide bonds. The highest BCUT2D eigenvalue weighted by Crippen LogP contribution is 2.18. The third-order valence-electron chi connectivity index (χ3n) is 2.56. The summed E-state index contributed by atoms with van der Waals surface area (Å²) in [6.07, 6.45) is 0. The molecule has 5 nitrogen and oxygen atoms in total. The molecule has 0 heterocycles. The van der Waals surface area contributed by atoms with E-state index in [0.29, 0.717) is 11.4 Å². The van der Waals surface area contributed by atoms with Crippen molar-refractivity contribution in [2.24, 2.45) is 5.73 Å². The molecule has 0 saturated carbocycles. The van der Waals surface area contributed by atoms with Crippen LogP contribution >= 0.6 is 11.6 Å². The predicted molar refractivity (Wildman–Crippen MR) is 79.0 cm³/mol. The van der Waals surface area contributed by atoms with E-state index >= 15 is 0 Å². The minimum Gasteiger partial charge on any atom is -0.351 e. The molecule has 0 aliphatic heterocycles. The summed E-state index contributed by atoms with van der Waals surface area (Å²) >= 11 is 5.63. The quantitative estimate of drug-likeness (QED) is 0.813. The van der Waals surface area contributed by atoms with Crippen LogP contribution in [0, 0.1) is 5.82 Å². The van der Waals surface area contributed by atoms with Gasteiger partial charge in [0.05, 0.1) is 5.56 Å². The Balaban J connectivity index is 2.17. The van der Waals surface area contributed by atoms with E-state index in [0.717, 1.165) is 6.07 Å². The van der Waals surface area contributed by atoms with Gasteiger partial charge < -0.3 is 16.4 Å². The molecule has 2 aromatic carbocycles. The molecule has 108 valence electrons. The number of nitrogens with one attached hydrogen (secondary N) is 2. The van der Waals surface area contributed by atoms with E-state index in [2.05, 4.69) is 10.6 Å². The van der Waals surface area contributed by atoms with Crippen molar-refractivity contribution < 1.29 is 14.0 Å². The second kappa shape index (κ2) is 6.23. The lowest BCUT2D eigenvalue weighted by Crippen LogP contribution is -2.19. The number of anilines is 2. The van der Waals surface area contributed by atoms with Gasteiger partial charge in [-0.2, -0.15) is 0 Å². The van der Waals surface area contributed by atoms with Gasteiger partial charge in [-0.3, -0.25) is 4.79 Å². The van der Waals surface area contributed by atoms with E-state index in [4.69, 9.17) is 17.3 Å². The van der Waals surface area contributed by atoms with Crippen molar-refractivity contribution in [3.63, 3.8) is 0 Å². The van der Waals surface area contributed by atoms with Gasteiger partial charge in [0.2, 0.25) is 0 Å². The van der Waals surface area contributed by atoms with E-state index < -0.39 is 17.8 Å². The van der Waals surface area contributed by atoms with Crippen LogP contribution in [0.25, 0.3) is 0 Å². The van der Waals surface area contributed by atoms with Crippen LogP contribution in [0.4, 0.5) is 20.6 Å². The third kappa shape index (κ3) is 3.93. The second-order valence-corrected chi connectivity index (χ2v) is 4.58. The fourth-order valence-electron chi connectivity index (χ4n) is 1.69. The van der Waals surface area contributed by atoms with Crippen LogP contribution in [0.15, 0.2) is 42.5 Å². The van der Waals surface area contributed by atoms with Crippen LogP contribution in [0.1, 0.15) is 10.4 Å². The Morgan fingerprint density at radius 3 is 2.33 bits per heavy atom. The summed E-state index contributed by atoms with van der Waals surface area (Å²) in [5.41, 5.74) is 5.67. The smallest absolute Gasteiger partial charge is 0.316 e. The number of amides is 3. The molecule has 0 bridgehead atoms. The van der Waals surface area contributed by atoms with Gasteiger partial charge >= 0.3 is 6.03 Å². The summed E-state index contributed by atoms with van der Waals surface area (Å²) in [6.45, 7) is 0. The number of nitrogens with two attached hydrogens (primary N) is 1. The molecule has 0 atom stereocenters. The van der Waals surface area contributed by atoms with Gasteiger partial charge in [0.25, 0.3) is 5.91 Å². The first-order chi connectivity index (χ1) is 9.95. The van der Waals surface area contributed by atoms with Crippen molar-refractivity contribution in [1.82, 2.24) is 0 Å². The van der Waals surface area contributed by atoms with E-state index in [-0.39, 0.29) is 10.6 Å². The zero-order valence-electron chi connectivity index (χ0n) is 10.7. The summed E-state index contributed by atoms with van der Waals surface area (Å²) in [5, 5.41) is 5.10. The zero-order valence-corrected chi connectivity index (χ0v) is 11.4. The van der Waals surface area contributed by atoms with Crippen molar-refractivity contribution >= 4 is 34.9 Å². The van der Waals surface area contributed by atoms with Crippen molar-refractivity contribution in [2.75, 3.05) is 10.6 Å². The molecule has 2 aromatic rings. The largest absolute Gasteiger partial charge is 0.351 e. The Hall–Kier alpha value is -2.60. The second-order valence-electron chi connectivity index (χ2n) is 4.15. The maximum absolute atomic E-state index is 13.6. The van der Waals surface area contributed by atoms with Crippen LogP contribution in [-0.4, -0.2) is 11.9 Å². The molecule has 0 spiro atoms. The molecule has 0 fully saturated rings. The summed E-state index contributed by atoms with van der Waals surface area (Å²) in [5.74, 6) is -1.34. The number of primary amides is 1. The van der Waals surface area contributed by atoms with E-state index in [1.54, 1.807) is 18.2 Å². The van der Waals surface area contributed by atoms with E-state index in [1.165, 1.54) is 18.2 Å².